The largest absolute Gasteiger partial charge is 0.489 e. The maximum Gasteiger partial charge on any atom is 0.120 e. The normalized spacial score (nSPS) is 13.2. The molecule has 2 atom stereocenters. The average Bonchev–Trinajstić information content (AvgIpc) is 2.68. The summed E-state index contributed by atoms with van der Waals surface area (Å²) >= 11 is 0. The molecule has 0 unspecified atom stereocenters. The van der Waals surface area contributed by atoms with Gasteiger partial charge in [-0.05, 0) is 42.7 Å². The van der Waals surface area contributed by atoms with Crippen molar-refractivity contribution in [3.05, 3.63) is 102 Å². The average molecular weight is 331 g/mol. The highest BCUT2D eigenvalue weighted by molar-refractivity contribution is 5.31. The van der Waals surface area contributed by atoms with Crippen LogP contribution in [0.4, 0.5) is 0 Å². The molecule has 0 radical (unpaired) electrons. The Labute approximate surface area is 150 Å². The lowest BCUT2D eigenvalue weighted by Crippen LogP contribution is -2.22. The van der Waals surface area contributed by atoms with Crippen LogP contribution >= 0.6 is 0 Å². The zero-order valence-corrected chi connectivity index (χ0v) is 14.9. The molecule has 2 heteroatoms. The molecule has 0 aliphatic heterocycles. The summed E-state index contributed by atoms with van der Waals surface area (Å²) in [7, 11) is 0. The van der Waals surface area contributed by atoms with Crippen LogP contribution in [0.5, 0.6) is 5.75 Å². The number of ether oxygens (including phenoxy) is 1. The molecular weight excluding hydrogens is 306 g/mol. The Hall–Kier alpha value is -2.58. The van der Waals surface area contributed by atoms with Gasteiger partial charge in [0.05, 0.1) is 0 Å². The number of benzene rings is 3. The van der Waals surface area contributed by atoms with Gasteiger partial charge < -0.3 is 10.1 Å². The summed E-state index contributed by atoms with van der Waals surface area (Å²) in [6.45, 7) is 4.98. The Morgan fingerprint density at radius 3 is 2.04 bits per heavy atom. The standard InChI is InChI=1S/C23H25NO/c1-18(21-12-7-4-8-13-21)24-19(2)22-14-9-15-23(16-22)25-17-20-10-5-3-6-11-20/h3-16,18-19,24H,17H2,1-2H3/t18-,19-/m0/s1. The van der Waals surface area contributed by atoms with Crippen molar-refractivity contribution in [3.63, 3.8) is 0 Å². The van der Waals surface area contributed by atoms with Gasteiger partial charge in [0, 0.05) is 12.1 Å². The van der Waals surface area contributed by atoms with Crippen molar-refractivity contribution < 1.29 is 4.74 Å². The van der Waals surface area contributed by atoms with Gasteiger partial charge in [-0.3, -0.25) is 0 Å². The predicted octanol–water partition coefficient (Wildman–Crippen LogP) is 5.68. The van der Waals surface area contributed by atoms with E-state index in [0.29, 0.717) is 12.6 Å². The van der Waals surface area contributed by atoms with Crippen molar-refractivity contribution in [1.29, 1.82) is 0 Å². The molecule has 0 heterocycles. The molecule has 0 amide bonds. The van der Waals surface area contributed by atoms with Crippen LogP contribution in [-0.2, 0) is 6.61 Å². The molecule has 0 saturated carbocycles. The fraction of sp³-hybridized carbons (Fsp3) is 0.217. The van der Waals surface area contributed by atoms with Gasteiger partial charge in [0.1, 0.15) is 12.4 Å². The molecule has 3 aromatic carbocycles. The monoisotopic (exact) mass is 331 g/mol. The summed E-state index contributed by atoms with van der Waals surface area (Å²) < 4.78 is 5.94. The fourth-order valence-electron chi connectivity index (χ4n) is 2.92. The summed E-state index contributed by atoms with van der Waals surface area (Å²) in [5.41, 5.74) is 3.70. The van der Waals surface area contributed by atoms with E-state index < -0.39 is 0 Å². The third-order valence-corrected chi connectivity index (χ3v) is 4.41. The van der Waals surface area contributed by atoms with Crippen LogP contribution in [0.25, 0.3) is 0 Å². The highest BCUT2D eigenvalue weighted by Gasteiger charge is 2.11. The minimum Gasteiger partial charge on any atom is -0.489 e. The van der Waals surface area contributed by atoms with Gasteiger partial charge in [0.15, 0.2) is 0 Å². The van der Waals surface area contributed by atoms with Crippen molar-refractivity contribution >= 4 is 0 Å². The minimum atomic E-state index is 0.246. The van der Waals surface area contributed by atoms with E-state index in [-0.39, 0.29) is 6.04 Å². The van der Waals surface area contributed by atoms with E-state index >= 15 is 0 Å². The van der Waals surface area contributed by atoms with Gasteiger partial charge in [0.2, 0.25) is 0 Å². The molecule has 0 aromatic heterocycles. The second kappa shape index (κ2) is 8.50. The molecule has 2 nitrogen and oxygen atoms in total. The molecule has 25 heavy (non-hydrogen) atoms. The number of rotatable bonds is 7. The molecular formula is C23H25NO. The molecule has 3 rings (SSSR count). The van der Waals surface area contributed by atoms with Crippen LogP contribution in [0.15, 0.2) is 84.9 Å². The van der Waals surface area contributed by atoms with Gasteiger partial charge in [-0.15, -0.1) is 0 Å². The van der Waals surface area contributed by atoms with Crippen LogP contribution < -0.4 is 10.1 Å². The van der Waals surface area contributed by atoms with Gasteiger partial charge >= 0.3 is 0 Å². The van der Waals surface area contributed by atoms with Crippen LogP contribution in [0.2, 0.25) is 0 Å². The van der Waals surface area contributed by atoms with Crippen molar-refractivity contribution in [3.8, 4) is 5.75 Å². The van der Waals surface area contributed by atoms with E-state index in [1.807, 2.05) is 30.3 Å². The zero-order valence-electron chi connectivity index (χ0n) is 14.9. The van der Waals surface area contributed by atoms with Crippen molar-refractivity contribution in [1.82, 2.24) is 5.32 Å². The Bertz CT molecular complexity index is 770. The third kappa shape index (κ3) is 4.94. The highest BCUT2D eigenvalue weighted by Crippen LogP contribution is 2.23. The number of hydrogen-bond acceptors (Lipinski definition) is 2. The summed E-state index contributed by atoms with van der Waals surface area (Å²) in [4.78, 5) is 0. The second-order valence-corrected chi connectivity index (χ2v) is 6.37. The Morgan fingerprint density at radius 1 is 0.720 bits per heavy atom. The first kappa shape index (κ1) is 17.2. The molecule has 0 spiro atoms. The van der Waals surface area contributed by atoms with Gasteiger partial charge in [-0.2, -0.15) is 0 Å². The molecule has 0 aliphatic carbocycles. The Morgan fingerprint density at radius 2 is 1.32 bits per heavy atom. The molecule has 3 aromatic rings. The van der Waals surface area contributed by atoms with Crippen molar-refractivity contribution in [2.75, 3.05) is 0 Å². The van der Waals surface area contributed by atoms with Gasteiger partial charge in [-0.1, -0.05) is 72.8 Å². The molecule has 0 aliphatic rings. The van der Waals surface area contributed by atoms with Crippen LogP contribution in [0.3, 0.4) is 0 Å². The maximum atomic E-state index is 5.94. The van der Waals surface area contributed by atoms with Gasteiger partial charge in [-0.25, -0.2) is 0 Å². The second-order valence-electron chi connectivity index (χ2n) is 6.37. The third-order valence-electron chi connectivity index (χ3n) is 4.41. The van der Waals surface area contributed by atoms with E-state index in [0.717, 1.165) is 5.75 Å². The molecule has 0 bridgehead atoms. The fourth-order valence-corrected chi connectivity index (χ4v) is 2.92. The van der Waals surface area contributed by atoms with E-state index in [1.165, 1.54) is 16.7 Å². The lowest BCUT2D eigenvalue weighted by molar-refractivity contribution is 0.305. The first-order valence-electron chi connectivity index (χ1n) is 8.80. The van der Waals surface area contributed by atoms with Crippen molar-refractivity contribution in [2.24, 2.45) is 0 Å². The summed E-state index contributed by atoms with van der Waals surface area (Å²) in [6, 6.07) is 29.6. The quantitative estimate of drug-likeness (QED) is 0.601. The van der Waals surface area contributed by atoms with E-state index in [4.69, 9.17) is 4.74 Å². The maximum absolute atomic E-state index is 5.94. The lowest BCUT2D eigenvalue weighted by Gasteiger charge is -2.21. The number of nitrogens with one attached hydrogen (secondary N) is 1. The topological polar surface area (TPSA) is 21.3 Å². The molecule has 0 saturated heterocycles. The SMILES string of the molecule is C[C@H](N[C@@H](C)c1cccc(OCc2ccccc2)c1)c1ccccc1. The molecule has 1 N–H and O–H groups in total. The first-order chi connectivity index (χ1) is 12.2. The van der Waals surface area contributed by atoms with E-state index in [1.54, 1.807) is 0 Å². The van der Waals surface area contributed by atoms with Crippen LogP contribution in [0, 0.1) is 0 Å². The molecule has 0 fully saturated rings. The van der Waals surface area contributed by atoms with Crippen LogP contribution in [0.1, 0.15) is 42.6 Å². The van der Waals surface area contributed by atoms with Gasteiger partial charge in [0.25, 0.3) is 0 Å². The lowest BCUT2D eigenvalue weighted by atomic mass is 10.0. The minimum absolute atomic E-state index is 0.246. The van der Waals surface area contributed by atoms with E-state index in [2.05, 4.69) is 73.8 Å². The summed E-state index contributed by atoms with van der Waals surface area (Å²) in [5, 5.41) is 3.66. The summed E-state index contributed by atoms with van der Waals surface area (Å²) in [6.07, 6.45) is 0. The Kier molecular flexibility index (Phi) is 5.86. The number of hydrogen-bond donors (Lipinski definition) is 1. The highest BCUT2D eigenvalue weighted by atomic mass is 16.5. The van der Waals surface area contributed by atoms with Crippen LogP contribution in [-0.4, -0.2) is 0 Å². The van der Waals surface area contributed by atoms with Crippen molar-refractivity contribution in [2.45, 2.75) is 32.5 Å². The smallest absolute Gasteiger partial charge is 0.120 e. The van der Waals surface area contributed by atoms with E-state index in [9.17, 15) is 0 Å². The molecule has 128 valence electrons. The predicted molar refractivity (Wildman–Crippen MR) is 104 cm³/mol. The Balaban J connectivity index is 1.62. The first-order valence-corrected chi connectivity index (χ1v) is 8.80. The summed E-state index contributed by atoms with van der Waals surface area (Å²) in [5.74, 6) is 0.905. The zero-order chi connectivity index (χ0) is 17.5.